The van der Waals surface area contributed by atoms with Gasteiger partial charge in [0.05, 0.1) is 0 Å². The quantitative estimate of drug-likeness (QED) is 0.865. The molecule has 5 heteroatoms. The summed E-state index contributed by atoms with van der Waals surface area (Å²) in [6, 6.07) is 0. The molecule has 3 rings (SSSR count). The Kier molecular flexibility index (Phi) is 3.54. The Balaban J connectivity index is 1.65. The van der Waals surface area contributed by atoms with E-state index >= 15 is 0 Å². The number of hydrogen-bond donors (Lipinski definition) is 1. The number of hydrogen-bond acceptors (Lipinski definition) is 3. The largest absolute Gasteiger partial charge is 0.336 e. The Morgan fingerprint density at radius 1 is 1.14 bits per heavy atom. The number of likely N-dealkylation sites (tertiary alicyclic amines) is 1. The molecular formula is C16H26N4O. The van der Waals surface area contributed by atoms with Gasteiger partial charge in [-0.15, -0.1) is 5.10 Å². The van der Waals surface area contributed by atoms with E-state index in [2.05, 4.69) is 36.0 Å². The number of amides is 1. The maximum absolute atomic E-state index is 12.5. The van der Waals surface area contributed by atoms with E-state index in [0.717, 1.165) is 31.8 Å². The van der Waals surface area contributed by atoms with Crippen molar-refractivity contribution in [2.45, 2.75) is 64.7 Å². The Bertz CT molecular complexity index is 513. The molecule has 2 heterocycles. The van der Waals surface area contributed by atoms with E-state index in [-0.39, 0.29) is 11.3 Å². The number of H-pyrrole nitrogens is 1. The predicted molar refractivity (Wildman–Crippen MR) is 81.1 cm³/mol. The molecule has 0 aromatic carbocycles. The fourth-order valence-electron chi connectivity index (χ4n) is 3.64. The highest BCUT2D eigenvalue weighted by Gasteiger charge is 2.38. The smallest absolute Gasteiger partial charge is 0.293 e. The third-order valence-corrected chi connectivity index (χ3v) is 5.16. The molecule has 1 saturated heterocycles. The van der Waals surface area contributed by atoms with Gasteiger partial charge in [-0.3, -0.25) is 9.89 Å². The molecule has 0 unspecified atom stereocenters. The van der Waals surface area contributed by atoms with E-state index in [1.165, 1.54) is 25.7 Å². The molecule has 0 radical (unpaired) electrons. The molecular weight excluding hydrogens is 264 g/mol. The second-order valence-electron chi connectivity index (χ2n) is 7.76. The minimum atomic E-state index is -0.110. The lowest BCUT2D eigenvalue weighted by molar-refractivity contribution is 0.0576. The third-order valence-electron chi connectivity index (χ3n) is 5.16. The van der Waals surface area contributed by atoms with Crippen LogP contribution in [-0.4, -0.2) is 39.1 Å². The highest BCUT2D eigenvalue weighted by atomic mass is 16.2. The molecule has 2 fully saturated rings. The maximum atomic E-state index is 12.5. The second kappa shape index (κ2) is 5.11. The number of aromatic amines is 1. The normalized spacial score (nSPS) is 22.0. The minimum absolute atomic E-state index is 0.0189. The zero-order valence-corrected chi connectivity index (χ0v) is 13.4. The van der Waals surface area contributed by atoms with Crippen LogP contribution < -0.4 is 0 Å². The summed E-state index contributed by atoms with van der Waals surface area (Å²) >= 11 is 0. The summed E-state index contributed by atoms with van der Waals surface area (Å²) in [5.74, 6) is 1.08. The topological polar surface area (TPSA) is 61.9 Å². The van der Waals surface area contributed by atoms with Crippen LogP contribution in [0.4, 0.5) is 0 Å². The number of piperidine rings is 1. The summed E-state index contributed by atoms with van der Waals surface area (Å²) in [6.45, 7) is 7.90. The SMILES string of the molecule is CC(C)(C)c1nc(C(=O)N2CCC3(CCCC3)CC2)n[nH]1. The second-order valence-corrected chi connectivity index (χ2v) is 7.76. The molecule has 2 aliphatic rings. The molecule has 1 amide bonds. The van der Waals surface area contributed by atoms with Crippen molar-refractivity contribution in [3.8, 4) is 0 Å². The van der Waals surface area contributed by atoms with Crippen molar-refractivity contribution in [2.75, 3.05) is 13.1 Å². The third kappa shape index (κ3) is 2.83. The van der Waals surface area contributed by atoms with Gasteiger partial charge in [0.1, 0.15) is 5.82 Å². The van der Waals surface area contributed by atoms with E-state index in [1.54, 1.807) is 0 Å². The van der Waals surface area contributed by atoms with Crippen LogP contribution in [0, 0.1) is 5.41 Å². The monoisotopic (exact) mass is 290 g/mol. The summed E-state index contributed by atoms with van der Waals surface area (Å²) in [4.78, 5) is 18.8. The summed E-state index contributed by atoms with van der Waals surface area (Å²) in [7, 11) is 0. The van der Waals surface area contributed by atoms with E-state index in [1.807, 2.05) is 4.90 Å². The van der Waals surface area contributed by atoms with Crippen LogP contribution >= 0.6 is 0 Å². The minimum Gasteiger partial charge on any atom is -0.336 e. The molecule has 1 aromatic rings. The molecule has 5 nitrogen and oxygen atoms in total. The van der Waals surface area contributed by atoms with Gasteiger partial charge in [0.15, 0.2) is 0 Å². The molecule has 21 heavy (non-hydrogen) atoms. The molecule has 1 N–H and O–H groups in total. The van der Waals surface area contributed by atoms with Crippen LogP contribution in [-0.2, 0) is 5.41 Å². The Morgan fingerprint density at radius 3 is 2.29 bits per heavy atom. The number of nitrogens with one attached hydrogen (secondary N) is 1. The molecule has 1 aromatic heterocycles. The van der Waals surface area contributed by atoms with Gasteiger partial charge in [-0.25, -0.2) is 4.98 Å². The lowest BCUT2D eigenvalue weighted by atomic mass is 9.77. The Morgan fingerprint density at radius 2 is 1.76 bits per heavy atom. The standard InChI is InChI=1S/C16H26N4O/c1-15(2,3)14-17-12(18-19-14)13(21)20-10-8-16(9-11-20)6-4-5-7-16/h4-11H2,1-3H3,(H,17,18,19). The van der Waals surface area contributed by atoms with Crippen molar-refractivity contribution in [2.24, 2.45) is 5.41 Å². The number of rotatable bonds is 1. The summed E-state index contributed by atoms with van der Waals surface area (Å²) in [5.41, 5.74) is 0.424. The molecule has 1 aliphatic carbocycles. The van der Waals surface area contributed by atoms with Gasteiger partial charge in [-0.1, -0.05) is 33.6 Å². The van der Waals surface area contributed by atoms with Crippen LogP contribution in [0.5, 0.6) is 0 Å². The summed E-state index contributed by atoms with van der Waals surface area (Å²) < 4.78 is 0. The van der Waals surface area contributed by atoms with Crippen molar-refractivity contribution >= 4 is 5.91 Å². The molecule has 0 atom stereocenters. The Hall–Kier alpha value is -1.39. The van der Waals surface area contributed by atoms with Gasteiger partial charge in [0.25, 0.3) is 5.91 Å². The van der Waals surface area contributed by atoms with Gasteiger partial charge < -0.3 is 4.90 Å². The number of carbonyl (C=O) groups is 1. The summed E-state index contributed by atoms with van der Waals surface area (Å²) in [6.07, 6.45) is 7.73. The van der Waals surface area contributed by atoms with Crippen molar-refractivity contribution < 1.29 is 4.79 Å². The van der Waals surface area contributed by atoms with Crippen LogP contribution in [0.3, 0.4) is 0 Å². The first-order valence-corrected chi connectivity index (χ1v) is 8.12. The van der Waals surface area contributed by atoms with Crippen LogP contribution in [0.2, 0.25) is 0 Å². The van der Waals surface area contributed by atoms with Gasteiger partial charge in [0.2, 0.25) is 5.82 Å². The van der Waals surface area contributed by atoms with E-state index in [0.29, 0.717) is 11.2 Å². The average molecular weight is 290 g/mol. The molecule has 1 saturated carbocycles. The predicted octanol–water partition coefficient (Wildman–Crippen LogP) is 2.90. The fraction of sp³-hybridized carbons (Fsp3) is 0.812. The first kappa shape index (κ1) is 14.5. The first-order valence-electron chi connectivity index (χ1n) is 8.12. The van der Waals surface area contributed by atoms with Crippen molar-refractivity contribution in [1.82, 2.24) is 20.1 Å². The van der Waals surface area contributed by atoms with Crippen LogP contribution in [0.15, 0.2) is 0 Å². The fourth-order valence-corrected chi connectivity index (χ4v) is 3.64. The number of nitrogens with zero attached hydrogens (tertiary/aromatic N) is 3. The first-order chi connectivity index (χ1) is 9.90. The molecule has 116 valence electrons. The van der Waals surface area contributed by atoms with Crippen molar-refractivity contribution in [1.29, 1.82) is 0 Å². The zero-order chi connectivity index (χ0) is 15.1. The number of carbonyl (C=O) groups excluding carboxylic acids is 1. The van der Waals surface area contributed by atoms with Gasteiger partial charge in [0, 0.05) is 18.5 Å². The van der Waals surface area contributed by atoms with E-state index < -0.39 is 0 Å². The highest BCUT2D eigenvalue weighted by molar-refractivity contribution is 5.90. The van der Waals surface area contributed by atoms with Gasteiger partial charge in [-0.2, -0.15) is 0 Å². The summed E-state index contributed by atoms with van der Waals surface area (Å²) in [5, 5.41) is 7.03. The maximum Gasteiger partial charge on any atom is 0.293 e. The zero-order valence-electron chi connectivity index (χ0n) is 13.4. The molecule has 0 bridgehead atoms. The molecule has 1 aliphatic heterocycles. The van der Waals surface area contributed by atoms with Crippen molar-refractivity contribution in [3.63, 3.8) is 0 Å². The van der Waals surface area contributed by atoms with Crippen molar-refractivity contribution in [3.05, 3.63) is 11.6 Å². The Labute approximate surface area is 126 Å². The van der Waals surface area contributed by atoms with E-state index in [9.17, 15) is 4.79 Å². The number of aromatic nitrogens is 3. The lowest BCUT2D eigenvalue weighted by Crippen LogP contribution is -2.42. The van der Waals surface area contributed by atoms with Gasteiger partial charge in [-0.05, 0) is 31.1 Å². The highest BCUT2D eigenvalue weighted by Crippen LogP contribution is 2.46. The van der Waals surface area contributed by atoms with E-state index in [4.69, 9.17) is 0 Å². The average Bonchev–Trinajstić information content (AvgIpc) is 3.08. The lowest BCUT2D eigenvalue weighted by Gasteiger charge is -2.39. The molecule has 1 spiro atoms. The van der Waals surface area contributed by atoms with Gasteiger partial charge >= 0.3 is 0 Å². The van der Waals surface area contributed by atoms with Crippen LogP contribution in [0.1, 0.15) is 75.7 Å². The van der Waals surface area contributed by atoms with Crippen LogP contribution in [0.25, 0.3) is 0 Å².